The van der Waals surface area contributed by atoms with Gasteiger partial charge in [-0.1, -0.05) is 0 Å². The molecule has 2 rings (SSSR count). The molecule has 0 radical (unpaired) electrons. The highest BCUT2D eigenvalue weighted by atomic mass is 127. The van der Waals surface area contributed by atoms with Crippen molar-refractivity contribution in [2.45, 2.75) is 25.3 Å². The lowest BCUT2D eigenvalue weighted by atomic mass is 9.89. The molecule has 1 saturated heterocycles. The minimum Gasteiger partial charge on any atom is -0.338 e. The van der Waals surface area contributed by atoms with Crippen molar-refractivity contribution in [3.8, 4) is 0 Å². The summed E-state index contributed by atoms with van der Waals surface area (Å²) in [6.45, 7) is 3.85. The van der Waals surface area contributed by atoms with E-state index in [4.69, 9.17) is 0 Å². The van der Waals surface area contributed by atoms with Gasteiger partial charge in [0.25, 0.3) is 5.91 Å². The number of carbonyl (C=O) groups is 1. The molecular weight excluding hydrogens is 419 g/mol. The van der Waals surface area contributed by atoms with Crippen LogP contribution in [0.15, 0.2) is 22.7 Å². The molecule has 0 spiro atoms. The van der Waals surface area contributed by atoms with Gasteiger partial charge in [0.05, 0.1) is 5.56 Å². The first-order chi connectivity index (χ1) is 8.95. The molecule has 19 heavy (non-hydrogen) atoms. The summed E-state index contributed by atoms with van der Waals surface area (Å²) in [5.74, 6) is 0.128. The summed E-state index contributed by atoms with van der Waals surface area (Å²) in [6.07, 6.45) is 1.99. The van der Waals surface area contributed by atoms with Crippen LogP contribution in [-0.2, 0) is 0 Å². The zero-order chi connectivity index (χ0) is 14.0. The molecule has 5 heteroatoms. The molecule has 0 saturated carbocycles. The Kier molecular flexibility index (Phi) is 4.89. The third-order valence-electron chi connectivity index (χ3n) is 3.92. The molecule has 1 amide bonds. The van der Waals surface area contributed by atoms with Crippen LogP contribution in [-0.4, -0.2) is 36.5 Å². The number of hydrogen-bond acceptors (Lipinski definition) is 2. The number of amides is 1. The molecule has 104 valence electrons. The van der Waals surface area contributed by atoms with Crippen LogP contribution in [0.4, 0.5) is 0 Å². The highest BCUT2D eigenvalue weighted by molar-refractivity contribution is 14.1. The average Bonchev–Trinajstić information content (AvgIpc) is 2.42. The second-order valence-corrected chi connectivity index (χ2v) is 7.33. The Hall–Kier alpha value is -0.140. The number of halogens is 2. The van der Waals surface area contributed by atoms with Crippen LogP contribution in [0.5, 0.6) is 0 Å². The second-order valence-electron chi connectivity index (χ2n) is 5.23. The van der Waals surface area contributed by atoms with Crippen molar-refractivity contribution < 1.29 is 4.79 Å². The molecule has 1 aliphatic rings. The highest BCUT2D eigenvalue weighted by Crippen LogP contribution is 2.25. The van der Waals surface area contributed by atoms with Gasteiger partial charge in [-0.3, -0.25) is 4.79 Å². The summed E-state index contributed by atoms with van der Waals surface area (Å²) in [5.41, 5.74) is 0.930. The zero-order valence-corrected chi connectivity index (χ0v) is 14.9. The fraction of sp³-hybridized carbons (Fsp3) is 0.500. The Balaban J connectivity index is 2.11. The molecule has 1 aromatic rings. The van der Waals surface area contributed by atoms with E-state index in [1.54, 1.807) is 0 Å². The summed E-state index contributed by atoms with van der Waals surface area (Å²) in [7, 11) is 1.99. The molecule has 1 fully saturated rings. The predicted molar refractivity (Wildman–Crippen MR) is 89.5 cm³/mol. The van der Waals surface area contributed by atoms with Crippen LogP contribution in [0, 0.1) is 3.57 Å². The Bertz CT molecular complexity index is 484. The maximum Gasteiger partial charge on any atom is 0.255 e. The van der Waals surface area contributed by atoms with E-state index in [2.05, 4.69) is 50.8 Å². The lowest BCUT2D eigenvalue weighted by Crippen LogP contribution is -2.51. The number of rotatable bonds is 2. The van der Waals surface area contributed by atoms with Crippen LogP contribution in [0.1, 0.15) is 30.1 Å². The normalized spacial score (nSPS) is 18.4. The summed E-state index contributed by atoms with van der Waals surface area (Å²) < 4.78 is 1.96. The fourth-order valence-electron chi connectivity index (χ4n) is 2.29. The van der Waals surface area contributed by atoms with Gasteiger partial charge in [0.1, 0.15) is 0 Å². The Morgan fingerprint density at radius 3 is 2.63 bits per heavy atom. The maximum absolute atomic E-state index is 12.5. The van der Waals surface area contributed by atoms with Crippen LogP contribution in [0.2, 0.25) is 0 Å². The number of hydrogen-bond donors (Lipinski definition) is 1. The van der Waals surface area contributed by atoms with E-state index in [1.165, 1.54) is 0 Å². The van der Waals surface area contributed by atoms with Gasteiger partial charge in [0.15, 0.2) is 0 Å². The third-order valence-corrected chi connectivity index (χ3v) is 5.28. The number of nitrogens with zero attached hydrogens (tertiary/aromatic N) is 1. The van der Waals surface area contributed by atoms with Gasteiger partial charge < -0.3 is 10.2 Å². The van der Waals surface area contributed by atoms with E-state index in [9.17, 15) is 4.79 Å². The van der Waals surface area contributed by atoms with Crippen LogP contribution >= 0.6 is 38.5 Å². The summed E-state index contributed by atoms with van der Waals surface area (Å²) in [6, 6.07) is 5.88. The Labute approximate surface area is 136 Å². The third kappa shape index (κ3) is 3.49. The highest BCUT2D eigenvalue weighted by Gasteiger charge is 2.31. The molecule has 1 aromatic carbocycles. The van der Waals surface area contributed by atoms with Gasteiger partial charge in [0, 0.05) is 26.7 Å². The lowest BCUT2D eigenvalue weighted by molar-refractivity contribution is 0.0661. The van der Waals surface area contributed by atoms with Crippen molar-refractivity contribution >= 4 is 44.4 Å². The number of piperidine rings is 1. The molecular formula is C14H18BrIN2O. The molecule has 1 N–H and O–H groups in total. The van der Waals surface area contributed by atoms with E-state index in [1.807, 2.05) is 30.1 Å². The van der Waals surface area contributed by atoms with E-state index < -0.39 is 0 Å². The molecule has 1 heterocycles. The minimum atomic E-state index is 0.128. The topological polar surface area (TPSA) is 32.3 Å². The largest absolute Gasteiger partial charge is 0.338 e. The first-order valence-electron chi connectivity index (χ1n) is 6.38. The fourth-order valence-corrected chi connectivity index (χ4v) is 3.19. The first kappa shape index (κ1) is 15.3. The standard InChI is InChI=1S/C14H18BrIN2O/c1-14(17-2)5-7-18(8-6-14)13(19)11-9-10(16)3-4-12(11)15/h3-4,9,17H,5-8H2,1-2H3. The second kappa shape index (κ2) is 6.10. The quantitative estimate of drug-likeness (QED) is 0.721. The Morgan fingerprint density at radius 1 is 1.42 bits per heavy atom. The summed E-state index contributed by atoms with van der Waals surface area (Å²) >= 11 is 5.71. The molecule has 0 aliphatic carbocycles. The van der Waals surface area contributed by atoms with E-state index in [-0.39, 0.29) is 11.4 Å². The van der Waals surface area contributed by atoms with Gasteiger partial charge in [0.2, 0.25) is 0 Å². The van der Waals surface area contributed by atoms with Crippen molar-refractivity contribution in [3.05, 3.63) is 31.8 Å². The van der Waals surface area contributed by atoms with Gasteiger partial charge >= 0.3 is 0 Å². The van der Waals surface area contributed by atoms with E-state index >= 15 is 0 Å². The number of nitrogens with one attached hydrogen (secondary N) is 1. The number of carbonyl (C=O) groups excluding carboxylic acids is 1. The van der Waals surface area contributed by atoms with Crippen molar-refractivity contribution in [2.75, 3.05) is 20.1 Å². The van der Waals surface area contributed by atoms with Gasteiger partial charge in [-0.25, -0.2) is 0 Å². The van der Waals surface area contributed by atoms with Crippen molar-refractivity contribution in [1.82, 2.24) is 10.2 Å². The van der Waals surface area contributed by atoms with Gasteiger partial charge in [-0.15, -0.1) is 0 Å². The molecule has 3 nitrogen and oxygen atoms in total. The van der Waals surface area contributed by atoms with Crippen LogP contribution in [0.3, 0.4) is 0 Å². The van der Waals surface area contributed by atoms with Crippen LogP contribution in [0.25, 0.3) is 0 Å². The molecule has 0 aromatic heterocycles. The zero-order valence-electron chi connectivity index (χ0n) is 11.2. The minimum absolute atomic E-state index is 0.128. The number of likely N-dealkylation sites (tertiary alicyclic amines) is 1. The van der Waals surface area contributed by atoms with Crippen molar-refractivity contribution in [1.29, 1.82) is 0 Å². The summed E-state index contributed by atoms with van der Waals surface area (Å²) in [4.78, 5) is 14.5. The predicted octanol–water partition coefficient (Wildman–Crippen LogP) is 3.27. The monoisotopic (exact) mass is 436 g/mol. The van der Waals surface area contributed by atoms with Crippen molar-refractivity contribution in [2.24, 2.45) is 0 Å². The van der Waals surface area contributed by atoms with E-state index in [0.29, 0.717) is 0 Å². The van der Waals surface area contributed by atoms with E-state index in [0.717, 1.165) is 39.5 Å². The smallest absolute Gasteiger partial charge is 0.255 e. The summed E-state index contributed by atoms with van der Waals surface area (Å²) in [5, 5.41) is 3.35. The van der Waals surface area contributed by atoms with Crippen LogP contribution < -0.4 is 5.32 Å². The molecule has 0 bridgehead atoms. The maximum atomic E-state index is 12.5. The molecule has 0 unspecified atom stereocenters. The molecule has 0 atom stereocenters. The molecule has 1 aliphatic heterocycles. The first-order valence-corrected chi connectivity index (χ1v) is 8.26. The Morgan fingerprint density at radius 2 is 2.05 bits per heavy atom. The number of benzene rings is 1. The van der Waals surface area contributed by atoms with Crippen molar-refractivity contribution in [3.63, 3.8) is 0 Å². The van der Waals surface area contributed by atoms with Gasteiger partial charge in [-0.2, -0.15) is 0 Å². The lowest BCUT2D eigenvalue weighted by Gasteiger charge is -2.39. The average molecular weight is 437 g/mol. The van der Waals surface area contributed by atoms with Gasteiger partial charge in [-0.05, 0) is 83.5 Å². The SMILES string of the molecule is CNC1(C)CCN(C(=O)c2cc(I)ccc2Br)CC1.